The highest BCUT2D eigenvalue weighted by molar-refractivity contribution is 5.50. The van der Waals surface area contributed by atoms with Crippen LogP contribution in [0.5, 0.6) is 0 Å². The largest absolute Gasteiger partial charge is 0.416 e. The summed E-state index contributed by atoms with van der Waals surface area (Å²) < 4.78 is 58.5. The lowest BCUT2D eigenvalue weighted by molar-refractivity contribution is -0.138. The first-order chi connectivity index (χ1) is 21.0. The Hall–Kier alpha value is -4.49. The lowest BCUT2D eigenvalue weighted by Crippen LogP contribution is -2.51. The van der Waals surface area contributed by atoms with Gasteiger partial charge in [-0.15, -0.1) is 0 Å². The normalized spacial score (nSPS) is 15.0. The van der Waals surface area contributed by atoms with Crippen LogP contribution in [-0.4, -0.2) is 45.2 Å². The fraction of sp³-hybridized carbons (Fsp3) is 0.323. The van der Waals surface area contributed by atoms with Gasteiger partial charge in [0.1, 0.15) is 17.3 Å². The second-order valence-corrected chi connectivity index (χ2v) is 10.8. The van der Waals surface area contributed by atoms with Crippen LogP contribution in [0.1, 0.15) is 34.0 Å². The number of pyridine rings is 1. The molecule has 0 bridgehead atoms. The van der Waals surface area contributed by atoms with Crippen LogP contribution in [-0.2, 0) is 25.8 Å². The maximum atomic E-state index is 14.9. The number of nitrogen functional groups attached to an aromatic ring is 1. The zero-order chi connectivity index (χ0) is 31.6. The molecule has 5 rings (SSSR count). The quantitative estimate of drug-likeness (QED) is 0.293. The molecule has 2 aromatic carbocycles. The fourth-order valence-corrected chi connectivity index (χ4v) is 5.60. The van der Waals surface area contributed by atoms with Gasteiger partial charge in [-0.25, -0.2) is 14.2 Å². The Morgan fingerprint density at radius 1 is 0.909 bits per heavy atom. The molecule has 4 aromatic rings. The first kappa shape index (κ1) is 31.0. The van der Waals surface area contributed by atoms with Crippen LogP contribution >= 0.6 is 0 Å². The van der Waals surface area contributed by atoms with E-state index in [0.29, 0.717) is 44.1 Å². The number of hydrogen-bond acceptors (Lipinski definition) is 7. The van der Waals surface area contributed by atoms with Gasteiger partial charge in [-0.3, -0.25) is 18.8 Å². The van der Waals surface area contributed by atoms with E-state index in [4.69, 9.17) is 11.5 Å². The fourth-order valence-electron chi connectivity index (χ4n) is 5.60. The van der Waals surface area contributed by atoms with E-state index in [9.17, 15) is 27.2 Å². The predicted octanol–water partition coefficient (Wildman–Crippen LogP) is 3.52. The van der Waals surface area contributed by atoms with Crippen LogP contribution in [0.3, 0.4) is 0 Å². The molecule has 0 saturated carbocycles. The van der Waals surface area contributed by atoms with E-state index in [1.165, 1.54) is 6.92 Å². The number of halogens is 4. The van der Waals surface area contributed by atoms with Crippen molar-refractivity contribution in [2.24, 2.45) is 5.73 Å². The Morgan fingerprint density at radius 3 is 2.27 bits per heavy atom. The van der Waals surface area contributed by atoms with Crippen LogP contribution in [0.25, 0.3) is 0 Å². The molecular weight excluding hydrogens is 578 g/mol. The van der Waals surface area contributed by atoms with E-state index in [2.05, 4.69) is 9.88 Å². The third-order valence-electron chi connectivity index (χ3n) is 8.01. The highest BCUT2D eigenvalue weighted by Crippen LogP contribution is 2.33. The monoisotopic (exact) mass is 611 g/mol. The van der Waals surface area contributed by atoms with Gasteiger partial charge in [0.05, 0.1) is 18.7 Å². The molecule has 44 heavy (non-hydrogen) atoms. The molecule has 0 unspecified atom stereocenters. The first-order valence-electron chi connectivity index (χ1n) is 14.1. The van der Waals surface area contributed by atoms with Crippen molar-refractivity contribution in [1.29, 1.82) is 0 Å². The van der Waals surface area contributed by atoms with Gasteiger partial charge < -0.3 is 16.4 Å². The molecule has 13 heteroatoms. The molecule has 2 aromatic heterocycles. The van der Waals surface area contributed by atoms with Gasteiger partial charge in [0.2, 0.25) is 0 Å². The summed E-state index contributed by atoms with van der Waals surface area (Å²) in [6, 6.07) is 14.5. The Bertz CT molecular complexity index is 1750. The van der Waals surface area contributed by atoms with Crippen molar-refractivity contribution < 1.29 is 17.6 Å². The maximum Gasteiger partial charge on any atom is 0.416 e. The number of benzene rings is 2. The molecule has 0 radical (unpaired) electrons. The minimum atomic E-state index is -4.85. The van der Waals surface area contributed by atoms with Gasteiger partial charge in [0.15, 0.2) is 0 Å². The Labute approximate surface area is 251 Å². The number of alkyl halides is 3. The number of piperazine rings is 1. The number of rotatable bonds is 8. The smallest absolute Gasteiger partial charge is 0.383 e. The minimum absolute atomic E-state index is 0.144. The van der Waals surface area contributed by atoms with E-state index in [0.717, 1.165) is 32.9 Å². The molecule has 232 valence electrons. The third kappa shape index (κ3) is 6.38. The van der Waals surface area contributed by atoms with Crippen LogP contribution in [0.4, 0.5) is 29.1 Å². The Kier molecular flexibility index (Phi) is 8.88. The molecule has 3 heterocycles. The molecule has 1 aliphatic rings. The second-order valence-electron chi connectivity index (χ2n) is 10.8. The molecule has 1 fully saturated rings. The van der Waals surface area contributed by atoms with Crippen LogP contribution in [0, 0.1) is 12.7 Å². The summed E-state index contributed by atoms with van der Waals surface area (Å²) in [7, 11) is 0. The van der Waals surface area contributed by atoms with E-state index in [1.807, 2.05) is 11.0 Å². The highest BCUT2D eigenvalue weighted by atomic mass is 19.4. The summed E-state index contributed by atoms with van der Waals surface area (Å²) in [5.74, 6) is -0.670. The summed E-state index contributed by atoms with van der Waals surface area (Å²) in [6.07, 6.45) is -3.24. The minimum Gasteiger partial charge on any atom is -0.383 e. The molecule has 0 aliphatic carbocycles. The van der Waals surface area contributed by atoms with Crippen molar-refractivity contribution >= 4 is 11.5 Å². The van der Waals surface area contributed by atoms with Gasteiger partial charge in [0, 0.05) is 61.8 Å². The van der Waals surface area contributed by atoms with E-state index in [1.54, 1.807) is 42.6 Å². The molecule has 9 nitrogen and oxygen atoms in total. The van der Waals surface area contributed by atoms with Gasteiger partial charge in [0.25, 0.3) is 5.56 Å². The number of anilines is 2. The Morgan fingerprint density at radius 2 is 1.61 bits per heavy atom. The lowest BCUT2D eigenvalue weighted by atomic mass is 10.1. The van der Waals surface area contributed by atoms with Crippen molar-refractivity contribution in [3.05, 3.63) is 121 Å². The molecule has 0 spiro atoms. The summed E-state index contributed by atoms with van der Waals surface area (Å²) in [6.45, 7) is 2.98. The van der Waals surface area contributed by atoms with Crippen molar-refractivity contribution in [3.8, 4) is 0 Å². The zero-order valence-electron chi connectivity index (χ0n) is 24.1. The number of nitrogens with two attached hydrogens (primary N) is 2. The van der Waals surface area contributed by atoms with Gasteiger partial charge in [-0.1, -0.05) is 42.5 Å². The number of aromatic nitrogens is 3. The predicted molar refractivity (Wildman–Crippen MR) is 160 cm³/mol. The van der Waals surface area contributed by atoms with Crippen molar-refractivity contribution in [3.63, 3.8) is 0 Å². The molecule has 1 atom stereocenters. The van der Waals surface area contributed by atoms with E-state index < -0.39 is 47.0 Å². The SMILES string of the molecule is Cc1c(N2CCN(Cc3cccnc3N)CC2)c(=O)n(C[C@H](N)c2ccccc2)c(=O)n1Cc1c(F)cccc1C(F)(F)F. The average molecular weight is 612 g/mol. The van der Waals surface area contributed by atoms with Crippen LogP contribution in [0.2, 0.25) is 0 Å². The molecule has 0 amide bonds. The van der Waals surface area contributed by atoms with E-state index in [-0.39, 0.29) is 17.9 Å². The van der Waals surface area contributed by atoms with Crippen molar-refractivity contribution in [2.45, 2.75) is 38.8 Å². The standard InChI is InChI=1S/C31H33F4N7O2/c1-20-27(40-15-13-39(14-16-40)17-22-9-6-12-38-28(22)37)29(43)42(19-26(36)21-7-3-2-4-8-21)30(44)41(20)18-23-24(31(33,34)35)10-5-11-25(23)32/h2-12,26H,13-19,36H2,1H3,(H2,37,38)/t26-/m0/s1. The lowest BCUT2D eigenvalue weighted by Gasteiger charge is -2.37. The molecule has 1 aliphatic heterocycles. The van der Waals surface area contributed by atoms with Crippen LogP contribution in [0.15, 0.2) is 76.4 Å². The molecule has 4 N–H and O–H groups in total. The van der Waals surface area contributed by atoms with Gasteiger partial charge in [-0.2, -0.15) is 13.2 Å². The zero-order valence-corrected chi connectivity index (χ0v) is 24.1. The summed E-state index contributed by atoms with van der Waals surface area (Å²) in [5, 5.41) is 0. The van der Waals surface area contributed by atoms with Crippen LogP contribution < -0.4 is 27.6 Å². The first-order valence-corrected chi connectivity index (χ1v) is 14.1. The molecule has 1 saturated heterocycles. The van der Waals surface area contributed by atoms with Crippen molar-refractivity contribution in [2.75, 3.05) is 36.8 Å². The number of nitrogens with zero attached hydrogens (tertiary/aromatic N) is 5. The number of hydrogen-bond donors (Lipinski definition) is 2. The average Bonchev–Trinajstić information content (AvgIpc) is 3.00. The summed E-state index contributed by atoms with van der Waals surface area (Å²) >= 11 is 0. The molecular formula is C31H33F4N7O2. The maximum absolute atomic E-state index is 14.9. The summed E-state index contributed by atoms with van der Waals surface area (Å²) in [4.78, 5) is 35.8. The second kappa shape index (κ2) is 12.6. The summed E-state index contributed by atoms with van der Waals surface area (Å²) in [5.41, 5.74) is 10.9. The van der Waals surface area contributed by atoms with E-state index >= 15 is 0 Å². The Balaban J connectivity index is 1.54. The third-order valence-corrected chi connectivity index (χ3v) is 8.01. The van der Waals surface area contributed by atoms with Crippen molar-refractivity contribution in [1.82, 2.24) is 19.0 Å². The highest BCUT2D eigenvalue weighted by Gasteiger charge is 2.35. The van der Waals surface area contributed by atoms with Gasteiger partial charge >= 0.3 is 11.9 Å². The van der Waals surface area contributed by atoms with Gasteiger partial charge in [-0.05, 0) is 30.7 Å². The topological polar surface area (TPSA) is 115 Å².